The first-order valence-electron chi connectivity index (χ1n) is 4.78. The molecule has 1 amide bonds. The maximum Gasteiger partial charge on any atom is 0.253 e. The van der Waals surface area contributed by atoms with E-state index in [9.17, 15) is 4.79 Å². The maximum atomic E-state index is 11.6. The molecule has 1 aliphatic heterocycles. The van der Waals surface area contributed by atoms with Gasteiger partial charge in [-0.15, -0.1) is 0 Å². The topological polar surface area (TPSA) is 54.0 Å². The highest BCUT2D eigenvalue weighted by Gasteiger charge is 2.17. The first-order valence-corrected chi connectivity index (χ1v) is 4.78. The molecule has 4 heteroatoms. The molecule has 2 rings (SSSR count). The quantitative estimate of drug-likeness (QED) is 0.700. The number of amides is 1. The lowest BCUT2D eigenvalue weighted by atomic mass is 10.2. The zero-order chi connectivity index (χ0) is 9.80. The van der Waals surface area contributed by atoms with Crippen LogP contribution in [0, 0.1) is 0 Å². The summed E-state index contributed by atoms with van der Waals surface area (Å²) >= 11 is 0. The fourth-order valence-corrected chi connectivity index (χ4v) is 1.54. The summed E-state index contributed by atoms with van der Waals surface area (Å²) in [5.41, 5.74) is 0.624. The number of rotatable bonds is 2. The van der Waals surface area contributed by atoms with Crippen molar-refractivity contribution >= 4 is 5.91 Å². The minimum absolute atomic E-state index is 0.0354. The second-order valence-electron chi connectivity index (χ2n) is 3.40. The SMILES string of the molecule is O=C(NC1CCNC1)c1cccnc1. The second kappa shape index (κ2) is 4.19. The van der Waals surface area contributed by atoms with Crippen molar-refractivity contribution in [3.05, 3.63) is 30.1 Å². The van der Waals surface area contributed by atoms with E-state index in [1.807, 2.05) is 0 Å². The van der Waals surface area contributed by atoms with E-state index < -0.39 is 0 Å². The molecular weight excluding hydrogens is 178 g/mol. The molecule has 0 radical (unpaired) electrons. The zero-order valence-electron chi connectivity index (χ0n) is 7.86. The molecule has 0 bridgehead atoms. The first kappa shape index (κ1) is 9.15. The third kappa shape index (κ3) is 2.09. The van der Waals surface area contributed by atoms with Crippen LogP contribution >= 0.6 is 0 Å². The molecule has 4 nitrogen and oxygen atoms in total. The van der Waals surface area contributed by atoms with Gasteiger partial charge in [-0.3, -0.25) is 9.78 Å². The first-order chi connectivity index (χ1) is 6.86. The number of hydrogen-bond acceptors (Lipinski definition) is 3. The molecule has 0 aliphatic carbocycles. The van der Waals surface area contributed by atoms with Crippen LogP contribution in [0.15, 0.2) is 24.5 Å². The Hall–Kier alpha value is -1.42. The van der Waals surface area contributed by atoms with E-state index in [0.717, 1.165) is 19.5 Å². The van der Waals surface area contributed by atoms with E-state index in [4.69, 9.17) is 0 Å². The smallest absolute Gasteiger partial charge is 0.253 e. The van der Waals surface area contributed by atoms with Gasteiger partial charge in [0.05, 0.1) is 5.56 Å². The predicted octanol–water partition coefficient (Wildman–Crippen LogP) is 0.173. The lowest BCUT2D eigenvalue weighted by Gasteiger charge is -2.10. The molecule has 0 aromatic carbocycles. The Kier molecular flexibility index (Phi) is 2.74. The highest BCUT2D eigenvalue weighted by molar-refractivity contribution is 5.94. The number of hydrogen-bond donors (Lipinski definition) is 2. The molecule has 2 N–H and O–H groups in total. The van der Waals surface area contributed by atoms with E-state index in [-0.39, 0.29) is 11.9 Å². The van der Waals surface area contributed by atoms with Crippen LogP contribution in [0.4, 0.5) is 0 Å². The molecule has 1 atom stereocenters. The van der Waals surface area contributed by atoms with Crippen molar-refractivity contribution < 1.29 is 4.79 Å². The van der Waals surface area contributed by atoms with Crippen molar-refractivity contribution in [2.75, 3.05) is 13.1 Å². The number of aromatic nitrogens is 1. The molecule has 1 fully saturated rings. The third-order valence-electron chi connectivity index (χ3n) is 2.32. The van der Waals surface area contributed by atoms with Crippen LogP contribution in [0.3, 0.4) is 0 Å². The Morgan fingerprint density at radius 1 is 1.64 bits per heavy atom. The van der Waals surface area contributed by atoms with Gasteiger partial charge >= 0.3 is 0 Å². The Labute approximate surface area is 82.7 Å². The van der Waals surface area contributed by atoms with Crippen molar-refractivity contribution in [2.24, 2.45) is 0 Å². The summed E-state index contributed by atoms with van der Waals surface area (Å²) in [6.45, 7) is 1.85. The Balaban J connectivity index is 1.95. The zero-order valence-corrected chi connectivity index (χ0v) is 7.86. The fourth-order valence-electron chi connectivity index (χ4n) is 1.54. The van der Waals surface area contributed by atoms with Crippen LogP contribution < -0.4 is 10.6 Å². The molecule has 1 aromatic heterocycles. The van der Waals surface area contributed by atoms with Crippen LogP contribution in [0.2, 0.25) is 0 Å². The van der Waals surface area contributed by atoms with E-state index in [1.165, 1.54) is 0 Å². The Bertz CT molecular complexity index is 306. The summed E-state index contributed by atoms with van der Waals surface area (Å²) in [4.78, 5) is 15.5. The van der Waals surface area contributed by atoms with Gasteiger partial charge < -0.3 is 10.6 Å². The van der Waals surface area contributed by atoms with Gasteiger partial charge in [0.25, 0.3) is 5.91 Å². The van der Waals surface area contributed by atoms with Crippen LogP contribution in [0.25, 0.3) is 0 Å². The van der Waals surface area contributed by atoms with Gasteiger partial charge in [0.15, 0.2) is 0 Å². The molecular formula is C10H13N3O. The number of carbonyl (C=O) groups excluding carboxylic acids is 1. The summed E-state index contributed by atoms with van der Waals surface area (Å²) < 4.78 is 0. The van der Waals surface area contributed by atoms with Crippen LogP contribution in [0.5, 0.6) is 0 Å². The molecule has 1 aromatic rings. The molecule has 1 saturated heterocycles. The van der Waals surface area contributed by atoms with E-state index in [0.29, 0.717) is 5.56 Å². The van der Waals surface area contributed by atoms with Gasteiger partial charge in [0, 0.05) is 25.0 Å². The van der Waals surface area contributed by atoms with Gasteiger partial charge in [0.1, 0.15) is 0 Å². The van der Waals surface area contributed by atoms with Gasteiger partial charge in [-0.1, -0.05) is 0 Å². The summed E-state index contributed by atoms with van der Waals surface area (Å²) in [5.74, 6) is -0.0354. The fraction of sp³-hybridized carbons (Fsp3) is 0.400. The van der Waals surface area contributed by atoms with Crippen molar-refractivity contribution in [2.45, 2.75) is 12.5 Å². The van der Waals surface area contributed by atoms with Crippen molar-refractivity contribution in [1.82, 2.24) is 15.6 Å². The number of nitrogens with zero attached hydrogens (tertiary/aromatic N) is 1. The third-order valence-corrected chi connectivity index (χ3v) is 2.32. The van der Waals surface area contributed by atoms with Gasteiger partial charge in [0.2, 0.25) is 0 Å². The highest BCUT2D eigenvalue weighted by Crippen LogP contribution is 2.00. The largest absolute Gasteiger partial charge is 0.348 e. The van der Waals surface area contributed by atoms with Gasteiger partial charge in [-0.2, -0.15) is 0 Å². The number of nitrogens with one attached hydrogen (secondary N) is 2. The summed E-state index contributed by atoms with van der Waals surface area (Å²) in [7, 11) is 0. The minimum atomic E-state index is -0.0354. The van der Waals surface area contributed by atoms with E-state index in [1.54, 1.807) is 24.5 Å². The minimum Gasteiger partial charge on any atom is -0.348 e. The van der Waals surface area contributed by atoms with Crippen molar-refractivity contribution in [3.8, 4) is 0 Å². The lowest BCUT2D eigenvalue weighted by molar-refractivity contribution is 0.0939. The summed E-state index contributed by atoms with van der Waals surface area (Å²) in [6.07, 6.45) is 4.25. The molecule has 74 valence electrons. The standard InChI is InChI=1S/C10H13N3O/c14-10(8-2-1-4-11-6-8)13-9-3-5-12-7-9/h1-2,4,6,9,12H,3,5,7H2,(H,13,14). The molecule has 1 unspecified atom stereocenters. The molecule has 1 aliphatic rings. The monoisotopic (exact) mass is 191 g/mol. The van der Waals surface area contributed by atoms with Crippen LogP contribution in [-0.4, -0.2) is 30.0 Å². The number of pyridine rings is 1. The summed E-state index contributed by atoms with van der Waals surface area (Å²) in [5, 5.41) is 6.15. The van der Waals surface area contributed by atoms with Crippen molar-refractivity contribution in [1.29, 1.82) is 0 Å². The van der Waals surface area contributed by atoms with Crippen LogP contribution in [0.1, 0.15) is 16.8 Å². The average Bonchev–Trinajstić information content (AvgIpc) is 2.72. The highest BCUT2D eigenvalue weighted by atomic mass is 16.1. The summed E-state index contributed by atoms with van der Waals surface area (Å²) in [6, 6.07) is 3.80. The molecule has 14 heavy (non-hydrogen) atoms. The number of carbonyl (C=O) groups is 1. The second-order valence-corrected chi connectivity index (χ2v) is 3.40. The predicted molar refractivity (Wildman–Crippen MR) is 53.0 cm³/mol. The van der Waals surface area contributed by atoms with Crippen molar-refractivity contribution in [3.63, 3.8) is 0 Å². The maximum absolute atomic E-state index is 11.6. The van der Waals surface area contributed by atoms with E-state index >= 15 is 0 Å². The molecule has 2 heterocycles. The molecule has 0 saturated carbocycles. The van der Waals surface area contributed by atoms with Gasteiger partial charge in [-0.25, -0.2) is 0 Å². The average molecular weight is 191 g/mol. The Morgan fingerprint density at radius 3 is 3.21 bits per heavy atom. The lowest BCUT2D eigenvalue weighted by Crippen LogP contribution is -2.36. The normalized spacial score (nSPS) is 20.7. The van der Waals surface area contributed by atoms with E-state index in [2.05, 4.69) is 15.6 Å². The van der Waals surface area contributed by atoms with Gasteiger partial charge in [-0.05, 0) is 25.1 Å². The van der Waals surface area contributed by atoms with Crippen LogP contribution in [-0.2, 0) is 0 Å². The Morgan fingerprint density at radius 2 is 2.57 bits per heavy atom. The molecule has 0 spiro atoms.